The second-order valence-electron chi connectivity index (χ2n) is 4.46. The van der Waals surface area contributed by atoms with Crippen LogP contribution >= 0.6 is 0 Å². The molecule has 2 atom stereocenters. The van der Waals surface area contributed by atoms with Crippen LogP contribution in [0.15, 0.2) is 29.7 Å². The molecule has 17 heavy (non-hydrogen) atoms. The van der Waals surface area contributed by atoms with Gasteiger partial charge in [0.05, 0.1) is 5.70 Å². The summed E-state index contributed by atoms with van der Waals surface area (Å²) in [4.78, 5) is 6.01. The van der Waals surface area contributed by atoms with E-state index in [4.69, 9.17) is 5.73 Å². The van der Waals surface area contributed by atoms with Crippen molar-refractivity contribution in [3.63, 3.8) is 0 Å². The highest BCUT2D eigenvalue weighted by Gasteiger charge is 2.14. The fourth-order valence-corrected chi connectivity index (χ4v) is 1.79. The Balaban J connectivity index is 4.69. The highest BCUT2D eigenvalue weighted by molar-refractivity contribution is 5.76. The van der Waals surface area contributed by atoms with Gasteiger partial charge in [0, 0.05) is 25.5 Å². The van der Waals surface area contributed by atoms with Crippen molar-refractivity contribution in [2.75, 3.05) is 7.05 Å². The molecule has 0 aromatic heterocycles. The maximum Gasteiger partial charge on any atom is 0.0660 e. The molecular weight excluding hydrogens is 210 g/mol. The maximum absolute atomic E-state index is 5.84. The molecule has 2 N–H and O–H groups in total. The fraction of sp³-hybridized carbons (Fsp3) is 0.643. The van der Waals surface area contributed by atoms with E-state index in [1.807, 2.05) is 12.4 Å². The van der Waals surface area contributed by atoms with E-state index < -0.39 is 0 Å². The standard InChI is InChI=1S/C14H27N3/c1-6-12(4)9-14(7-2)17(8-3)11-13(15)10-16-5/h8,10-12,14H,3,6-7,9,15H2,1-2,4-5H3/b13-11+,16-10?. The lowest BCUT2D eigenvalue weighted by atomic mass is 9.97. The minimum Gasteiger partial charge on any atom is -0.396 e. The molecule has 2 unspecified atom stereocenters. The molecule has 0 aliphatic rings. The van der Waals surface area contributed by atoms with Crippen molar-refractivity contribution in [1.29, 1.82) is 0 Å². The molecule has 0 radical (unpaired) electrons. The first-order valence-electron chi connectivity index (χ1n) is 6.38. The number of allylic oxidation sites excluding steroid dienone is 1. The largest absolute Gasteiger partial charge is 0.396 e. The van der Waals surface area contributed by atoms with Crippen molar-refractivity contribution in [3.8, 4) is 0 Å². The molecule has 0 saturated carbocycles. The van der Waals surface area contributed by atoms with Crippen LogP contribution in [0.5, 0.6) is 0 Å². The van der Waals surface area contributed by atoms with E-state index in [1.165, 1.54) is 6.42 Å². The molecule has 0 saturated heterocycles. The summed E-state index contributed by atoms with van der Waals surface area (Å²) in [6.45, 7) is 10.6. The summed E-state index contributed by atoms with van der Waals surface area (Å²) < 4.78 is 0. The van der Waals surface area contributed by atoms with E-state index in [0.29, 0.717) is 11.7 Å². The van der Waals surface area contributed by atoms with Crippen LogP contribution in [-0.2, 0) is 0 Å². The van der Waals surface area contributed by atoms with E-state index >= 15 is 0 Å². The van der Waals surface area contributed by atoms with E-state index in [1.54, 1.807) is 13.3 Å². The number of aliphatic imine (C=N–C) groups is 1. The first kappa shape index (κ1) is 15.8. The predicted molar refractivity (Wildman–Crippen MR) is 76.9 cm³/mol. The Labute approximate surface area is 106 Å². The minimum atomic E-state index is 0.464. The zero-order chi connectivity index (χ0) is 13.3. The Hall–Kier alpha value is -1.25. The third kappa shape index (κ3) is 6.15. The summed E-state index contributed by atoms with van der Waals surface area (Å²) in [6, 6.07) is 0.464. The smallest absolute Gasteiger partial charge is 0.0660 e. The molecule has 98 valence electrons. The van der Waals surface area contributed by atoms with E-state index in [9.17, 15) is 0 Å². The van der Waals surface area contributed by atoms with Crippen LogP contribution in [0.3, 0.4) is 0 Å². The third-order valence-corrected chi connectivity index (χ3v) is 3.05. The van der Waals surface area contributed by atoms with Gasteiger partial charge in [-0.25, -0.2) is 0 Å². The molecule has 0 aliphatic carbocycles. The van der Waals surface area contributed by atoms with Crippen LogP contribution in [-0.4, -0.2) is 24.2 Å². The predicted octanol–water partition coefficient (Wildman–Crippen LogP) is 3.15. The van der Waals surface area contributed by atoms with Crippen molar-refractivity contribution in [2.45, 2.75) is 46.1 Å². The molecule has 3 nitrogen and oxygen atoms in total. The number of nitrogens with two attached hydrogens (primary N) is 1. The second-order valence-corrected chi connectivity index (χ2v) is 4.46. The van der Waals surface area contributed by atoms with Crippen molar-refractivity contribution in [1.82, 2.24) is 4.90 Å². The van der Waals surface area contributed by atoms with Gasteiger partial charge in [0.2, 0.25) is 0 Å². The van der Waals surface area contributed by atoms with E-state index in [0.717, 1.165) is 18.8 Å². The average Bonchev–Trinajstić information content (AvgIpc) is 2.33. The second kappa shape index (κ2) is 8.85. The highest BCUT2D eigenvalue weighted by Crippen LogP contribution is 2.18. The molecule has 0 fully saturated rings. The molecule has 3 heteroatoms. The summed E-state index contributed by atoms with van der Waals surface area (Å²) >= 11 is 0. The lowest BCUT2D eigenvalue weighted by Gasteiger charge is -2.28. The quantitative estimate of drug-likeness (QED) is 0.659. The molecule has 0 amide bonds. The molecule has 0 aromatic rings. The van der Waals surface area contributed by atoms with Gasteiger partial charge in [0.25, 0.3) is 0 Å². The van der Waals surface area contributed by atoms with Crippen LogP contribution < -0.4 is 5.73 Å². The molecule has 0 heterocycles. The molecule has 0 spiro atoms. The summed E-state index contributed by atoms with van der Waals surface area (Å²) in [6.07, 6.45) is 8.86. The topological polar surface area (TPSA) is 41.6 Å². The first-order chi connectivity index (χ1) is 8.08. The summed E-state index contributed by atoms with van der Waals surface area (Å²) in [5.74, 6) is 0.719. The summed E-state index contributed by atoms with van der Waals surface area (Å²) in [5, 5.41) is 0. The zero-order valence-electron chi connectivity index (χ0n) is 11.7. The van der Waals surface area contributed by atoms with Crippen LogP contribution in [0, 0.1) is 5.92 Å². The summed E-state index contributed by atoms with van der Waals surface area (Å²) in [7, 11) is 1.72. The maximum atomic E-state index is 5.84. The van der Waals surface area contributed by atoms with Crippen LogP contribution in [0.2, 0.25) is 0 Å². The zero-order valence-corrected chi connectivity index (χ0v) is 11.7. The molecule has 0 aliphatic heterocycles. The van der Waals surface area contributed by atoms with Crippen molar-refractivity contribution < 1.29 is 0 Å². The lowest BCUT2D eigenvalue weighted by molar-refractivity contribution is 0.290. The molecule has 0 aromatic carbocycles. The van der Waals surface area contributed by atoms with Gasteiger partial charge in [-0.05, 0) is 25.0 Å². The molecular formula is C14H27N3. The Morgan fingerprint density at radius 1 is 1.41 bits per heavy atom. The van der Waals surface area contributed by atoms with Gasteiger partial charge in [-0.1, -0.05) is 33.8 Å². The van der Waals surface area contributed by atoms with Crippen LogP contribution in [0.25, 0.3) is 0 Å². The highest BCUT2D eigenvalue weighted by atomic mass is 15.1. The third-order valence-electron chi connectivity index (χ3n) is 3.05. The van der Waals surface area contributed by atoms with Crippen molar-refractivity contribution in [3.05, 3.63) is 24.7 Å². The van der Waals surface area contributed by atoms with Gasteiger partial charge in [0.1, 0.15) is 0 Å². The Bertz CT molecular complexity index is 269. The molecule has 0 rings (SSSR count). The lowest BCUT2D eigenvalue weighted by Crippen LogP contribution is -2.28. The normalized spacial score (nSPS) is 15.9. The van der Waals surface area contributed by atoms with Gasteiger partial charge in [-0.15, -0.1) is 0 Å². The van der Waals surface area contributed by atoms with Gasteiger partial charge in [0.15, 0.2) is 0 Å². The minimum absolute atomic E-state index is 0.464. The SMILES string of the molecule is C=CN(/C=C(/N)C=NC)C(CC)CC(C)CC. The van der Waals surface area contributed by atoms with Crippen molar-refractivity contribution in [2.24, 2.45) is 16.6 Å². The molecule has 0 bridgehead atoms. The van der Waals surface area contributed by atoms with Gasteiger partial charge in [-0.3, -0.25) is 4.99 Å². The first-order valence-corrected chi connectivity index (χ1v) is 6.38. The monoisotopic (exact) mass is 237 g/mol. The van der Waals surface area contributed by atoms with Crippen LogP contribution in [0.1, 0.15) is 40.0 Å². The van der Waals surface area contributed by atoms with Gasteiger partial charge < -0.3 is 10.6 Å². The number of hydrogen-bond acceptors (Lipinski definition) is 3. The number of rotatable bonds is 8. The summed E-state index contributed by atoms with van der Waals surface area (Å²) in [5.41, 5.74) is 6.50. The Kier molecular flexibility index (Phi) is 8.20. The number of nitrogens with zero attached hydrogens (tertiary/aromatic N) is 2. The van der Waals surface area contributed by atoms with Crippen molar-refractivity contribution >= 4 is 6.21 Å². The average molecular weight is 237 g/mol. The Morgan fingerprint density at radius 3 is 2.47 bits per heavy atom. The van der Waals surface area contributed by atoms with E-state index in [-0.39, 0.29) is 0 Å². The van der Waals surface area contributed by atoms with Gasteiger partial charge in [-0.2, -0.15) is 0 Å². The Morgan fingerprint density at radius 2 is 2.06 bits per heavy atom. The van der Waals surface area contributed by atoms with E-state index in [2.05, 4.69) is 37.2 Å². The number of hydrogen-bond donors (Lipinski definition) is 1. The fourth-order valence-electron chi connectivity index (χ4n) is 1.79. The van der Waals surface area contributed by atoms with Gasteiger partial charge >= 0.3 is 0 Å². The van der Waals surface area contributed by atoms with Crippen LogP contribution in [0.4, 0.5) is 0 Å².